The first-order valence-corrected chi connectivity index (χ1v) is 5.22. The summed E-state index contributed by atoms with van der Waals surface area (Å²) in [5.41, 5.74) is 12.8. The van der Waals surface area contributed by atoms with Gasteiger partial charge >= 0.3 is 0 Å². The predicted molar refractivity (Wildman–Crippen MR) is 60.3 cm³/mol. The maximum absolute atomic E-state index is 13.1. The van der Waals surface area contributed by atoms with Gasteiger partial charge in [-0.15, -0.1) is 0 Å². The highest BCUT2D eigenvalue weighted by molar-refractivity contribution is 9.10. The van der Waals surface area contributed by atoms with Gasteiger partial charge in [0.25, 0.3) is 0 Å². The third-order valence-corrected chi connectivity index (χ3v) is 2.81. The number of rotatable bonds is 2. The van der Waals surface area contributed by atoms with Crippen LogP contribution in [0.3, 0.4) is 0 Å². The summed E-state index contributed by atoms with van der Waals surface area (Å²) >= 11 is 3.11. The van der Waals surface area contributed by atoms with Crippen molar-refractivity contribution in [2.24, 2.45) is 11.7 Å². The van der Waals surface area contributed by atoms with Gasteiger partial charge in [-0.2, -0.15) is 0 Å². The lowest BCUT2D eigenvalue weighted by Gasteiger charge is -2.18. The maximum atomic E-state index is 13.1. The van der Waals surface area contributed by atoms with E-state index in [1.807, 2.05) is 13.8 Å². The molecule has 1 atom stereocenters. The van der Waals surface area contributed by atoms with Gasteiger partial charge in [-0.1, -0.05) is 13.8 Å². The predicted octanol–water partition coefficient (Wildman–Crippen LogP) is 2.83. The molecule has 0 saturated carbocycles. The molecule has 0 aliphatic carbocycles. The third kappa shape index (κ3) is 2.25. The first-order chi connectivity index (χ1) is 6.43. The molecule has 4 heteroatoms. The van der Waals surface area contributed by atoms with Gasteiger partial charge in [0, 0.05) is 11.7 Å². The van der Waals surface area contributed by atoms with E-state index in [0.29, 0.717) is 10.2 Å². The average molecular weight is 261 g/mol. The molecule has 2 nitrogen and oxygen atoms in total. The van der Waals surface area contributed by atoms with Crippen LogP contribution in [0.4, 0.5) is 10.1 Å². The van der Waals surface area contributed by atoms with E-state index in [4.69, 9.17) is 11.5 Å². The second kappa shape index (κ2) is 4.28. The Morgan fingerprint density at radius 1 is 1.36 bits per heavy atom. The van der Waals surface area contributed by atoms with E-state index in [1.54, 1.807) is 6.07 Å². The molecule has 4 N–H and O–H groups in total. The fourth-order valence-corrected chi connectivity index (χ4v) is 1.59. The fraction of sp³-hybridized carbons (Fsp3) is 0.400. The molecule has 78 valence electrons. The van der Waals surface area contributed by atoms with Crippen molar-refractivity contribution >= 4 is 21.6 Å². The van der Waals surface area contributed by atoms with Gasteiger partial charge in [0.05, 0.1) is 4.47 Å². The van der Waals surface area contributed by atoms with E-state index in [0.717, 1.165) is 5.56 Å². The van der Waals surface area contributed by atoms with Gasteiger partial charge in [0.15, 0.2) is 0 Å². The number of hydrogen-bond donors (Lipinski definition) is 2. The molecule has 1 rings (SSSR count). The van der Waals surface area contributed by atoms with Crippen LogP contribution < -0.4 is 11.5 Å². The van der Waals surface area contributed by atoms with E-state index in [1.165, 1.54) is 6.07 Å². The number of nitrogens with two attached hydrogens (primary N) is 2. The molecule has 0 heterocycles. The van der Waals surface area contributed by atoms with Gasteiger partial charge < -0.3 is 11.5 Å². The molecular weight excluding hydrogens is 247 g/mol. The summed E-state index contributed by atoms with van der Waals surface area (Å²) in [6.45, 7) is 4.00. The van der Waals surface area contributed by atoms with E-state index in [-0.39, 0.29) is 17.8 Å². The van der Waals surface area contributed by atoms with Crippen molar-refractivity contribution in [3.8, 4) is 0 Å². The minimum atomic E-state index is -0.359. The number of anilines is 1. The third-order valence-electron chi connectivity index (χ3n) is 2.20. The molecular formula is C10H14BrFN2. The molecule has 0 aromatic heterocycles. The van der Waals surface area contributed by atoms with Crippen LogP contribution in [0.1, 0.15) is 25.5 Å². The number of hydrogen-bond acceptors (Lipinski definition) is 2. The number of nitrogen functional groups attached to an aromatic ring is 1. The highest BCUT2D eigenvalue weighted by Crippen LogP contribution is 2.29. The number of benzene rings is 1. The maximum Gasteiger partial charge on any atom is 0.139 e. The summed E-state index contributed by atoms with van der Waals surface area (Å²) in [6, 6.07) is 2.78. The lowest BCUT2D eigenvalue weighted by molar-refractivity contribution is 0.514. The van der Waals surface area contributed by atoms with E-state index in [2.05, 4.69) is 15.9 Å². The Kier molecular flexibility index (Phi) is 3.50. The van der Waals surface area contributed by atoms with Crippen LogP contribution in [0.25, 0.3) is 0 Å². The molecule has 1 aromatic rings. The van der Waals surface area contributed by atoms with Crippen LogP contribution in [0.5, 0.6) is 0 Å². The van der Waals surface area contributed by atoms with Gasteiger partial charge in [-0.3, -0.25) is 0 Å². The quantitative estimate of drug-likeness (QED) is 0.804. The van der Waals surface area contributed by atoms with Gasteiger partial charge in [0.2, 0.25) is 0 Å². The zero-order chi connectivity index (χ0) is 10.9. The first kappa shape index (κ1) is 11.5. The fourth-order valence-electron chi connectivity index (χ4n) is 1.23. The molecule has 0 fully saturated rings. The standard InChI is InChI=1S/C10H14BrFN2/c1-5(2)10(14)6-3-7(11)8(12)4-9(6)13/h3-5,10H,13-14H2,1-2H3/t10-/m0/s1. The van der Waals surface area contributed by atoms with E-state index in [9.17, 15) is 4.39 Å². The lowest BCUT2D eigenvalue weighted by Crippen LogP contribution is -2.18. The van der Waals surface area contributed by atoms with Crippen molar-refractivity contribution in [3.05, 3.63) is 28.0 Å². The van der Waals surface area contributed by atoms with Crippen LogP contribution in [-0.2, 0) is 0 Å². The van der Waals surface area contributed by atoms with Crippen molar-refractivity contribution in [2.75, 3.05) is 5.73 Å². The Morgan fingerprint density at radius 3 is 2.43 bits per heavy atom. The largest absolute Gasteiger partial charge is 0.398 e. The summed E-state index contributed by atoms with van der Waals surface area (Å²) in [7, 11) is 0. The zero-order valence-electron chi connectivity index (χ0n) is 8.22. The summed E-state index contributed by atoms with van der Waals surface area (Å²) in [5.74, 6) is -0.0862. The zero-order valence-corrected chi connectivity index (χ0v) is 9.81. The summed E-state index contributed by atoms with van der Waals surface area (Å²) in [6.07, 6.45) is 0. The van der Waals surface area contributed by atoms with Crippen molar-refractivity contribution < 1.29 is 4.39 Å². The van der Waals surface area contributed by atoms with Crippen LogP contribution in [0, 0.1) is 11.7 Å². The molecule has 0 saturated heterocycles. The number of halogens is 2. The summed E-state index contributed by atoms with van der Waals surface area (Å²) in [4.78, 5) is 0. The summed E-state index contributed by atoms with van der Waals surface area (Å²) in [5, 5.41) is 0. The normalized spacial score (nSPS) is 13.3. The molecule has 0 radical (unpaired) electrons. The monoisotopic (exact) mass is 260 g/mol. The van der Waals surface area contributed by atoms with Crippen LogP contribution >= 0.6 is 15.9 Å². The highest BCUT2D eigenvalue weighted by Gasteiger charge is 2.15. The lowest BCUT2D eigenvalue weighted by atomic mass is 9.96. The van der Waals surface area contributed by atoms with Crippen LogP contribution in [-0.4, -0.2) is 0 Å². The van der Waals surface area contributed by atoms with Crippen LogP contribution in [0.15, 0.2) is 16.6 Å². The second-order valence-corrected chi connectivity index (χ2v) is 4.52. The van der Waals surface area contributed by atoms with Gasteiger partial charge in [-0.05, 0) is 39.5 Å². The van der Waals surface area contributed by atoms with E-state index < -0.39 is 0 Å². The van der Waals surface area contributed by atoms with Gasteiger partial charge in [-0.25, -0.2) is 4.39 Å². The molecule has 0 amide bonds. The first-order valence-electron chi connectivity index (χ1n) is 4.43. The summed E-state index contributed by atoms with van der Waals surface area (Å²) < 4.78 is 13.5. The molecule has 0 aliphatic rings. The Bertz CT molecular complexity index is 339. The molecule has 0 bridgehead atoms. The minimum Gasteiger partial charge on any atom is -0.398 e. The second-order valence-electron chi connectivity index (χ2n) is 3.67. The molecule has 14 heavy (non-hydrogen) atoms. The molecule has 0 unspecified atom stereocenters. The Balaban J connectivity index is 3.15. The van der Waals surface area contributed by atoms with E-state index >= 15 is 0 Å². The van der Waals surface area contributed by atoms with Crippen molar-refractivity contribution in [1.29, 1.82) is 0 Å². The van der Waals surface area contributed by atoms with Crippen molar-refractivity contribution in [3.63, 3.8) is 0 Å². The van der Waals surface area contributed by atoms with Crippen LogP contribution in [0.2, 0.25) is 0 Å². The minimum absolute atomic E-state index is 0.160. The Hall–Kier alpha value is -0.610. The highest BCUT2D eigenvalue weighted by atomic mass is 79.9. The van der Waals surface area contributed by atoms with Crippen molar-refractivity contribution in [1.82, 2.24) is 0 Å². The average Bonchev–Trinajstić information content (AvgIpc) is 2.10. The molecule has 1 aromatic carbocycles. The topological polar surface area (TPSA) is 52.0 Å². The Morgan fingerprint density at radius 2 is 1.93 bits per heavy atom. The van der Waals surface area contributed by atoms with Gasteiger partial charge in [0.1, 0.15) is 5.82 Å². The smallest absolute Gasteiger partial charge is 0.139 e. The molecule has 0 aliphatic heterocycles. The Labute approximate surface area is 91.6 Å². The molecule has 0 spiro atoms. The van der Waals surface area contributed by atoms with Crippen molar-refractivity contribution in [2.45, 2.75) is 19.9 Å². The SMILES string of the molecule is CC(C)[C@H](N)c1cc(Br)c(F)cc1N.